The van der Waals surface area contributed by atoms with Gasteiger partial charge in [0.25, 0.3) is 0 Å². The van der Waals surface area contributed by atoms with Gasteiger partial charge in [-0.2, -0.15) is 5.10 Å². The van der Waals surface area contributed by atoms with E-state index in [1.807, 2.05) is 24.0 Å². The van der Waals surface area contributed by atoms with Crippen LogP contribution in [0.2, 0.25) is 0 Å². The summed E-state index contributed by atoms with van der Waals surface area (Å²) in [5, 5.41) is 7.10. The van der Waals surface area contributed by atoms with E-state index in [4.69, 9.17) is 5.73 Å². The van der Waals surface area contributed by atoms with Crippen molar-refractivity contribution in [2.24, 2.45) is 17.6 Å². The predicted molar refractivity (Wildman–Crippen MR) is 76.6 cm³/mol. The average molecular weight is 266 g/mol. The van der Waals surface area contributed by atoms with Gasteiger partial charge >= 0.3 is 0 Å². The molecular formula is C14H26N4O. The number of nitrogens with one attached hydrogen (secondary N) is 1. The Bertz CT molecular complexity index is 387. The number of hydrogen-bond acceptors (Lipinski definition) is 3. The van der Waals surface area contributed by atoms with Crippen LogP contribution in [0.1, 0.15) is 32.3 Å². The molecule has 1 atom stereocenters. The molecular weight excluding hydrogens is 240 g/mol. The van der Waals surface area contributed by atoms with Gasteiger partial charge in [-0.3, -0.25) is 9.48 Å². The summed E-state index contributed by atoms with van der Waals surface area (Å²) >= 11 is 0. The van der Waals surface area contributed by atoms with Crippen LogP contribution in [-0.2, 0) is 11.3 Å². The Morgan fingerprint density at radius 2 is 2.26 bits per heavy atom. The molecule has 0 radical (unpaired) electrons. The lowest BCUT2D eigenvalue weighted by atomic mass is 9.94. The van der Waals surface area contributed by atoms with Gasteiger partial charge in [-0.05, 0) is 37.3 Å². The Morgan fingerprint density at radius 1 is 1.53 bits per heavy atom. The van der Waals surface area contributed by atoms with Crippen LogP contribution < -0.4 is 11.1 Å². The summed E-state index contributed by atoms with van der Waals surface area (Å²) in [5.41, 5.74) is 6.83. The molecule has 0 aromatic carbocycles. The van der Waals surface area contributed by atoms with Crippen molar-refractivity contribution in [3.8, 4) is 0 Å². The van der Waals surface area contributed by atoms with Gasteiger partial charge in [0.05, 0.1) is 12.7 Å². The largest absolute Gasteiger partial charge is 0.354 e. The minimum Gasteiger partial charge on any atom is -0.354 e. The van der Waals surface area contributed by atoms with Gasteiger partial charge in [0.15, 0.2) is 0 Å². The van der Waals surface area contributed by atoms with Crippen LogP contribution in [0.4, 0.5) is 0 Å². The maximum absolute atomic E-state index is 11.8. The number of carbonyl (C=O) groups is 1. The zero-order valence-corrected chi connectivity index (χ0v) is 12.2. The van der Waals surface area contributed by atoms with Crippen molar-refractivity contribution < 1.29 is 4.79 Å². The van der Waals surface area contributed by atoms with Crippen molar-refractivity contribution in [2.75, 3.05) is 13.1 Å². The minimum atomic E-state index is 0.0833. The van der Waals surface area contributed by atoms with E-state index >= 15 is 0 Å². The number of rotatable bonds is 8. The van der Waals surface area contributed by atoms with Crippen LogP contribution in [0.15, 0.2) is 12.4 Å². The van der Waals surface area contributed by atoms with E-state index in [1.165, 1.54) is 0 Å². The van der Waals surface area contributed by atoms with E-state index in [0.717, 1.165) is 12.0 Å². The molecule has 5 heteroatoms. The number of carbonyl (C=O) groups excluding carboxylic acids is 1. The number of amides is 1. The smallest absolute Gasteiger partial charge is 0.220 e. The molecule has 1 amide bonds. The zero-order chi connectivity index (χ0) is 14.3. The molecule has 0 bridgehead atoms. The minimum absolute atomic E-state index is 0.0833. The molecule has 0 aliphatic rings. The van der Waals surface area contributed by atoms with E-state index in [-0.39, 0.29) is 11.8 Å². The fourth-order valence-corrected chi connectivity index (χ4v) is 2.16. The first-order valence-corrected chi connectivity index (χ1v) is 6.97. The number of nitrogens with two attached hydrogens (primary N) is 1. The Morgan fingerprint density at radius 3 is 2.79 bits per heavy atom. The maximum Gasteiger partial charge on any atom is 0.220 e. The molecule has 1 unspecified atom stereocenters. The third-order valence-corrected chi connectivity index (χ3v) is 3.04. The molecule has 0 fully saturated rings. The first-order chi connectivity index (χ1) is 9.01. The van der Waals surface area contributed by atoms with Gasteiger partial charge in [0, 0.05) is 19.2 Å². The van der Waals surface area contributed by atoms with Crippen molar-refractivity contribution in [1.29, 1.82) is 0 Å². The van der Waals surface area contributed by atoms with Gasteiger partial charge in [-0.1, -0.05) is 13.8 Å². The van der Waals surface area contributed by atoms with Gasteiger partial charge in [0.1, 0.15) is 0 Å². The second-order valence-corrected chi connectivity index (χ2v) is 5.57. The SMILES string of the molecule is Cc1cnn(CCNC(=O)CC(CN)CC(C)C)c1. The van der Waals surface area contributed by atoms with Gasteiger partial charge in [0.2, 0.25) is 5.91 Å². The normalized spacial score (nSPS) is 12.7. The molecule has 19 heavy (non-hydrogen) atoms. The van der Waals surface area contributed by atoms with Crippen molar-refractivity contribution in [3.05, 3.63) is 18.0 Å². The van der Waals surface area contributed by atoms with Gasteiger partial charge < -0.3 is 11.1 Å². The molecule has 1 rings (SSSR count). The molecule has 1 aromatic heterocycles. The standard InChI is InChI=1S/C14H26N4O/c1-11(2)6-13(8-15)7-14(19)16-4-5-18-10-12(3)9-17-18/h9-11,13H,4-8,15H2,1-3H3,(H,16,19). The quantitative estimate of drug-likeness (QED) is 0.745. The highest BCUT2D eigenvalue weighted by Crippen LogP contribution is 2.13. The van der Waals surface area contributed by atoms with Crippen LogP contribution in [-0.4, -0.2) is 28.8 Å². The highest BCUT2D eigenvalue weighted by atomic mass is 16.1. The van der Waals surface area contributed by atoms with Crippen molar-refractivity contribution in [1.82, 2.24) is 15.1 Å². The fraction of sp³-hybridized carbons (Fsp3) is 0.714. The van der Waals surface area contributed by atoms with E-state index in [9.17, 15) is 4.79 Å². The molecule has 0 aliphatic carbocycles. The Labute approximate surface area is 115 Å². The molecule has 0 saturated heterocycles. The monoisotopic (exact) mass is 266 g/mol. The number of aryl methyl sites for hydroxylation is 1. The van der Waals surface area contributed by atoms with Crippen LogP contribution in [0.25, 0.3) is 0 Å². The van der Waals surface area contributed by atoms with Crippen LogP contribution in [0.5, 0.6) is 0 Å². The fourth-order valence-electron chi connectivity index (χ4n) is 2.16. The molecule has 108 valence electrons. The van der Waals surface area contributed by atoms with E-state index in [2.05, 4.69) is 24.3 Å². The highest BCUT2D eigenvalue weighted by Gasteiger charge is 2.13. The first kappa shape index (κ1) is 15.7. The summed E-state index contributed by atoms with van der Waals surface area (Å²) in [5.74, 6) is 0.945. The average Bonchev–Trinajstić information content (AvgIpc) is 2.73. The second kappa shape index (κ2) is 7.94. The molecule has 0 spiro atoms. The van der Waals surface area contributed by atoms with Gasteiger partial charge in [-0.15, -0.1) is 0 Å². The summed E-state index contributed by atoms with van der Waals surface area (Å²) in [6.07, 6.45) is 5.30. The van der Waals surface area contributed by atoms with Crippen molar-refractivity contribution in [2.45, 2.75) is 40.2 Å². The number of aromatic nitrogens is 2. The Balaban J connectivity index is 2.23. The molecule has 0 saturated carbocycles. The lowest BCUT2D eigenvalue weighted by Gasteiger charge is -2.16. The van der Waals surface area contributed by atoms with Crippen LogP contribution in [0.3, 0.4) is 0 Å². The van der Waals surface area contributed by atoms with E-state index < -0.39 is 0 Å². The molecule has 5 nitrogen and oxygen atoms in total. The maximum atomic E-state index is 11.8. The lowest BCUT2D eigenvalue weighted by Crippen LogP contribution is -2.31. The first-order valence-electron chi connectivity index (χ1n) is 6.97. The molecule has 1 heterocycles. The molecule has 0 aliphatic heterocycles. The molecule has 1 aromatic rings. The van der Waals surface area contributed by atoms with Crippen molar-refractivity contribution >= 4 is 5.91 Å². The predicted octanol–water partition coefficient (Wildman–Crippen LogP) is 1.32. The third-order valence-electron chi connectivity index (χ3n) is 3.04. The molecule has 3 N–H and O–H groups in total. The van der Waals surface area contributed by atoms with Crippen LogP contribution >= 0.6 is 0 Å². The van der Waals surface area contributed by atoms with Gasteiger partial charge in [-0.25, -0.2) is 0 Å². The Hall–Kier alpha value is -1.36. The van der Waals surface area contributed by atoms with Crippen molar-refractivity contribution in [3.63, 3.8) is 0 Å². The zero-order valence-electron chi connectivity index (χ0n) is 12.2. The second-order valence-electron chi connectivity index (χ2n) is 5.57. The summed E-state index contributed by atoms with van der Waals surface area (Å²) in [6.45, 7) is 8.20. The van der Waals surface area contributed by atoms with Crippen LogP contribution in [0, 0.1) is 18.8 Å². The summed E-state index contributed by atoms with van der Waals surface area (Å²) < 4.78 is 1.84. The summed E-state index contributed by atoms with van der Waals surface area (Å²) in [7, 11) is 0. The van der Waals surface area contributed by atoms with E-state index in [1.54, 1.807) is 0 Å². The Kier molecular flexibility index (Phi) is 6.56. The third kappa shape index (κ3) is 6.38. The highest BCUT2D eigenvalue weighted by molar-refractivity contribution is 5.76. The number of nitrogens with zero attached hydrogens (tertiary/aromatic N) is 2. The lowest BCUT2D eigenvalue weighted by molar-refractivity contribution is -0.122. The number of hydrogen-bond donors (Lipinski definition) is 2. The topological polar surface area (TPSA) is 72.9 Å². The van der Waals surface area contributed by atoms with E-state index in [0.29, 0.717) is 32.0 Å². The summed E-state index contributed by atoms with van der Waals surface area (Å²) in [4.78, 5) is 11.8. The summed E-state index contributed by atoms with van der Waals surface area (Å²) in [6, 6.07) is 0.